The smallest absolute Gasteiger partial charge is 0.131 e. The van der Waals surface area contributed by atoms with Gasteiger partial charge in [-0.1, -0.05) is 19.9 Å². The Morgan fingerprint density at radius 2 is 2.22 bits per heavy atom. The van der Waals surface area contributed by atoms with Crippen LogP contribution in [-0.4, -0.2) is 24.1 Å². The monoisotopic (exact) mass is 247 g/mol. The van der Waals surface area contributed by atoms with Crippen molar-refractivity contribution in [1.29, 1.82) is 0 Å². The minimum Gasteiger partial charge on any atom is -0.370 e. The third-order valence-electron chi connectivity index (χ3n) is 3.96. The number of rotatable bonds is 4. The molecule has 0 amide bonds. The van der Waals surface area contributed by atoms with Gasteiger partial charge in [0.15, 0.2) is 0 Å². The highest BCUT2D eigenvalue weighted by atomic mass is 15.2. The first-order valence-electron chi connectivity index (χ1n) is 7.20. The lowest BCUT2D eigenvalue weighted by molar-refractivity contribution is 0.361. The van der Waals surface area contributed by atoms with Gasteiger partial charge in [0, 0.05) is 19.1 Å². The standard InChI is InChI=1S/C15H25N3/c1-4-10-16-14-8-5-9-15(17-14)18-11-6-7-12(2)13(18)3/h5,8-9,12-13H,4,6-7,10-11H2,1-3H3,(H,16,17). The highest BCUT2D eigenvalue weighted by Gasteiger charge is 2.25. The van der Waals surface area contributed by atoms with Gasteiger partial charge in [0.1, 0.15) is 11.6 Å². The van der Waals surface area contributed by atoms with Gasteiger partial charge in [-0.05, 0) is 44.2 Å². The number of pyridine rings is 1. The molecule has 1 saturated heterocycles. The third-order valence-corrected chi connectivity index (χ3v) is 3.96. The number of nitrogens with one attached hydrogen (secondary N) is 1. The average molecular weight is 247 g/mol. The SMILES string of the molecule is CCCNc1cccc(N2CCCC(C)C2C)n1. The van der Waals surface area contributed by atoms with Gasteiger partial charge in [0.25, 0.3) is 0 Å². The van der Waals surface area contributed by atoms with E-state index >= 15 is 0 Å². The zero-order valence-electron chi connectivity index (χ0n) is 11.8. The molecule has 0 bridgehead atoms. The molecule has 1 aromatic heterocycles. The Kier molecular flexibility index (Phi) is 4.45. The van der Waals surface area contributed by atoms with E-state index in [0.717, 1.165) is 37.1 Å². The van der Waals surface area contributed by atoms with Crippen LogP contribution < -0.4 is 10.2 Å². The first-order valence-corrected chi connectivity index (χ1v) is 7.20. The van der Waals surface area contributed by atoms with Crippen LogP contribution in [0.3, 0.4) is 0 Å². The normalized spacial score (nSPS) is 24.1. The molecule has 1 aromatic rings. The summed E-state index contributed by atoms with van der Waals surface area (Å²) in [5, 5.41) is 3.36. The van der Waals surface area contributed by atoms with Crippen LogP contribution in [0.5, 0.6) is 0 Å². The number of anilines is 2. The zero-order valence-corrected chi connectivity index (χ0v) is 11.8. The Labute approximate surface area is 111 Å². The highest BCUT2D eigenvalue weighted by Crippen LogP contribution is 2.27. The largest absolute Gasteiger partial charge is 0.370 e. The van der Waals surface area contributed by atoms with Crippen LogP contribution in [0.25, 0.3) is 0 Å². The Hall–Kier alpha value is -1.25. The molecule has 100 valence electrons. The molecule has 18 heavy (non-hydrogen) atoms. The van der Waals surface area contributed by atoms with Crippen molar-refractivity contribution in [2.24, 2.45) is 5.92 Å². The molecule has 2 unspecified atom stereocenters. The maximum Gasteiger partial charge on any atom is 0.131 e. The minimum absolute atomic E-state index is 0.590. The average Bonchev–Trinajstić information content (AvgIpc) is 2.40. The van der Waals surface area contributed by atoms with E-state index in [-0.39, 0.29) is 0 Å². The number of piperidine rings is 1. The van der Waals surface area contributed by atoms with Crippen molar-refractivity contribution in [3.63, 3.8) is 0 Å². The second-order valence-corrected chi connectivity index (χ2v) is 5.36. The van der Waals surface area contributed by atoms with Crippen LogP contribution in [0.4, 0.5) is 11.6 Å². The predicted octanol–water partition coefficient (Wildman–Crippen LogP) is 3.53. The van der Waals surface area contributed by atoms with Gasteiger partial charge in [0.2, 0.25) is 0 Å². The van der Waals surface area contributed by atoms with Crippen molar-refractivity contribution < 1.29 is 0 Å². The number of hydrogen-bond acceptors (Lipinski definition) is 3. The summed E-state index contributed by atoms with van der Waals surface area (Å²) in [5.74, 6) is 2.88. The second-order valence-electron chi connectivity index (χ2n) is 5.36. The summed E-state index contributed by atoms with van der Waals surface area (Å²) in [6, 6.07) is 6.88. The molecule has 1 aliphatic rings. The Morgan fingerprint density at radius 1 is 1.39 bits per heavy atom. The van der Waals surface area contributed by atoms with E-state index in [1.807, 2.05) is 0 Å². The molecule has 0 radical (unpaired) electrons. The van der Waals surface area contributed by atoms with E-state index in [1.165, 1.54) is 12.8 Å². The second kappa shape index (κ2) is 6.07. The lowest BCUT2D eigenvalue weighted by Crippen LogP contribution is -2.42. The van der Waals surface area contributed by atoms with Crippen LogP contribution in [0.15, 0.2) is 18.2 Å². The van der Waals surface area contributed by atoms with Gasteiger partial charge >= 0.3 is 0 Å². The molecular weight excluding hydrogens is 222 g/mol. The van der Waals surface area contributed by atoms with E-state index in [1.54, 1.807) is 0 Å². The minimum atomic E-state index is 0.590. The summed E-state index contributed by atoms with van der Waals surface area (Å²) in [6.45, 7) is 8.96. The van der Waals surface area contributed by atoms with Crippen LogP contribution >= 0.6 is 0 Å². The van der Waals surface area contributed by atoms with Gasteiger partial charge in [-0.3, -0.25) is 0 Å². The summed E-state index contributed by atoms with van der Waals surface area (Å²) >= 11 is 0. The molecule has 1 aliphatic heterocycles. The molecule has 0 aliphatic carbocycles. The quantitative estimate of drug-likeness (QED) is 0.882. The molecular formula is C15H25N3. The number of aromatic nitrogens is 1. The number of nitrogens with zero attached hydrogens (tertiary/aromatic N) is 2. The maximum absolute atomic E-state index is 4.73. The van der Waals surface area contributed by atoms with Crippen molar-refractivity contribution in [3.05, 3.63) is 18.2 Å². The van der Waals surface area contributed by atoms with E-state index in [2.05, 4.69) is 49.2 Å². The van der Waals surface area contributed by atoms with Gasteiger partial charge in [-0.25, -0.2) is 4.98 Å². The third kappa shape index (κ3) is 2.95. The fraction of sp³-hybridized carbons (Fsp3) is 0.667. The fourth-order valence-corrected chi connectivity index (χ4v) is 2.59. The molecule has 0 spiro atoms. The van der Waals surface area contributed by atoms with Gasteiger partial charge < -0.3 is 10.2 Å². The van der Waals surface area contributed by atoms with Gasteiger partial charge in [-0.15, -0.1) is 0 Å². The van der Waals surface area contributed by atoms with Crippen molar-refractivity contribution in [3.8, 4) is 0 Å². The van der Waals surface area contributed by atoms with Crippen molar-refractivity contribution >= 4 is 11.6 Å². The first-order chi connectivity index (χ1) is 8.72. The lowest BCUT2D eigenvalue weighted by Gasteiger charge is -2.38. The van der Waals surface area contributed by atoms with Crippen molar-refractivity contribution in [1.82, 2.24) is 4.98 Å². The molecule has 2 rings (SSSR count). The van der Waals surface area contributed by atoms with E-state index in [0.29, 0.717) is 6.04 Å². The summed E-state index contributed by atoms with van der Waals surface area (Å²) < 4.78 is 0. The summed E-state index contributed by atoms with van der Waals surface area (Å²) in [4.78, 5) is 7.18. The summed E-state index contributed by atoms with van der Waals surface area (Å²) in [6.07, 6.45) is 3.74. The molecule has 2 atom stereocenters. The van der Waals surface area contributed by atoms with E-state index in [9.17, 15) is 0 Å². The summed E-state index contributed by atoms with van der Waals surface area (Å²) in [5.41, 5.74) is 0. The van der Waals surface area contributed by atoms with E-state index in [4.69, 9.17) is 4.98 Å². The molecule has 1 fully saturated rings. The molecule has 0 saturated carbocycles. The van der Waals surface area contributed by atoms with Crippen LogP contribution in [-0.2, 0) is 0 Å². The molecule has 0 aromatic carbocycles. The zero-order chi connectivity index (χ0) is 13.0. The van der Waals surface area contributed by atoms with Crippen LogP contribution in [0.1, 0.15) is 40.0 Å². The van der Waals surface area contributed by atoms with Crippen LogP contribution in [0.2, 0.25) is 0 Å². The Bertz CT molecular complexity index is 378. The van der Waals surface area contributed by atoms with Crippen molar-refractivity contribution in [2.45, 2.75) is 46.1 Å². The van der Waals surface area contributed by atoms with Crippen LogP contribution in [0, 0.1) is 5.92 Å². The first kappa shape index (κ1) is 13.2. The topological polar surface area (TPSA) is 28.2 Å². The van der Waals surface area contributed by atoms with Crippen molar-refractivity contribution in [2.75, 3.05) is 23.3 Å². The fourth-order valence-electron chi connectivity index (χ4n) is 2.59. The number of hydrogen-bond donors (Lipinski definition) is 1. The molecule has 3 nitrogen and oxygen atoms in total. The Morgan fingerprint density at radius 3 is 3.00 bits per heavy atom. The van der Waals surface area contributed by atoms with Gasteiger partial charge in [-0.2, -0.15) is 0 Å². The molecule has 1 N–H and O–H groups in total. The highest BCUT2D eigenvalue weighted by molar-refractivity contribution is 5.48. The maximum atomic E-state index is 4.73. The van der Waals surface area contributed by atoms with E-state index < -0.39 is 0 Å². The Balaban J connectivity index is 2.11. The lowest BCUT2D eigenvalue weighted by atomic mass is 9.92. The summed E-state index contributed by atoms with van der Waals surface area (Å²) in [7, 11) is 0. The van der Waals surface area contributed by atoms with Gasteiger partial charge in [0.05, 0.1) is 0 Å². The predicted molar refractivity (Wildman–Crippen MR) is 78.2 cm³/mol. The molecule has 2 heterocycles. The molecule has 3 heteroatoms.